The van der Waals surface area contributed by atoms with Gasteiger partial charge in [-0.05, 0) is 98.2 Å². The van der Waals surface area contributed by atoms with Crippen molar-refractivity contribution >= 4 is 40.3 Å². The summed E-state index contributed by atoms with van der Waals surface area (Å²) in [6.45, 7) is 6.70. The highest BCUT2D eigenvalue weighted by atomic mass is 127. The first kappa shape index (κ1) is 30.3. The summed E-state index contributed by atoms with van der Waals surface area (Å²) in [7, 11) is 1.66. The Kier molecular flexibility index (Phi) is 10.5. The number of halogens is 1. The molecule has 0 unspecified atom stereocenters. The van der Waals surface area contributed by atoms with Crippen LogP contribution in [0.15, 0.2) is 42.5 Å². The van der Waals surface area contributed by atoms with Gasteiger partial charge < -0.3 is 25.6 Å². The van der Waals surface area contributed by atoms with Crippen LogP contribution >= 0.6 is 22.6 Å². The van der Waals surface area contributed by atoms with Crippen LogP contribution < -0.4 is 20.7 Å². The fourth-order valence-electron chi connectivity index (χ4n) is 4.94. The molecule has 1 heterocycles. The lowest BCUT2D eigenvalue weighted by molar-refractivity contribution is -0.141. The van der Waals surface area contributed by atoms with E-state index in [-0.39, 0.29) is 35.8 Å². The third-order valence-corrected chi connectivity index (χ3v) is 8.44. The minimum Gasteiger partial charge on any atom is -0.489 e. The van der Waals surface area contributed by atoms with Crippen molar-refractivity contribution in [3.05, 3.63) is 62.7 Å². The summed E-state index contributed by atoms with van der Waals surface area (Å²) in [4.78, 5) is 41.7. The van der Waals surface area contributed by atoms with E-state index in [9.17, 15) is 14.4 Å². The second kappa shape index (κ2) is 13.8. The first-order valence-electron chi connectivity index (χ1n) is 14.2. The highest BCUT2D eigenvalue weighted by Gasteiger charge is 2.39. The SMILES string of the molecule is Cc1ccc(C[C@H]2NC(=O)[C@@H](C)N(C)C(=O)[C@H](C3CC3)NC[C@@H](C)Oc3cc(I)ccc3CCCNC2=O)cc1. The Labute approximate surface area is 251 Å². The molecule has 9 heteroatoms. The van der Waals surface area contributed by atoms with Gasteiger partial charge in [0.05, 0.1) is 6.04 Å². The molecule has 8 nitrogen and oxygen atoms in total. The van der Waals surface area contributed by atoms with Crippen LogP contribution in [0, 0.1) is 16.4 Å². The van der Waals surface area contributed by atoms with Gasteiger partial charge in [0.2, 0.25) is 17.7 Å². The molecular weight excluding hydrogens is 619 g/mol. The molecule has 3 amide bonds. The van der Waals surface area contributed by atoms with E-state index in [0.29, 0.717) is 19.5 Å². The third kappa shape index (κ3) is 8.19. The summed E-state index contributed by atoms with van der Waals surface area (Å²) >= 11 is 2.28. The van der Waals surface area contributed by atoms with E-state index < -0.39 is 12.1 Å². The zero-order valence-electron chi connectivity index (χ0n) is 23.8. The van der Waals surface area contributed by atoms with Crippen molar-refractivity contribution in [1.29, 1.82) is 0 Å². The number of amides is 3. The highest BCUT2D eigenvalue weighted by Crippen LogP contribution is 2.34. The fraction of sp³-hybridized carbons (Fsp3) is 0.516. The van der Waals surface area contributed by atoms with E-state index in [2.05, 4.69) is 50.7 Å². The molecule has 216 valence electrons. The quantitative estimate of drug-likeness (QED) is 0.439. The topological polar surface area (TPSA) is 99.8 Å². The number of rotatable bonds is 3. The predicted molar refractivity (Wildman–Crippen MR) is 164 cm³/mol. The van der Waals surface area contributed by atoms with Gasteiger partial charge in [0, 0.05) is 30.1 Å². The number of nitrogens with zero attached hydrogens (tertiary/aromatic N) is 1. The maximum Gasteiger partial charge on any atom is 0.243 e. The van der Waals surface area contributed by atoms with Crippen molar-refractivity contribution in [2.24, 2.45) is 5.92 Å². The first-order valence-corrected chi connectivity index (χ1v) is 15.3. The van der Waals surface area contributed by atoms with E-state index in [1.165, 1.54) is 4.90 Å². The lowest BCUT2D eigenvalue weighted by Gasteiger charge is -2.31. The van der Waals surface area contributed by atoms with Gasteiger partial charge in [0.15, 0.2) is 0 Å². The largest absolute Gasteiger partial charge is 0.489 e. The van der Waals surface area contributed by atoms with Crippen molar-refractivity contribution in [1.82, 2.24) is 20.9 Å². The predicted octanol–water partition coefficient (Wildman–Crippen LogP) is 3.37. The minimum absolute atomic E-state index is 0.118. The average Bonchev–Trinajstić information content (AvgIpc) is 3.76. The number of carbonyl (C=O) groups excluding carboxylic acids is 3. The summed E-state index contributed by atoms with van der Waals surface area (Å²) in [6.07, 6.45) is 3.64. The molecule has 0 spiro atoms. The molecule has 2 aromatic carbocycles. The molecule has 0 bridgehead atoms. The minimum atomic E-state index is -0.754. The van der Waals surface area contributed by atoms with Crippen molar-refractivity contribution in [3.63, 3.8) is 0 Å². The van der Waals surface area contributed by atoms with Crippen molar-refractivity contribution in [2.45, 2.75) is 77.1 Å². The van der Waals surface area contributed by atoms with Crippen molar-refractivity contribution in [2.75, 3.05) is 20.1 Å². The van der Waals surface area contributed by atoms with Gasteiger partial charge in [-0.1, -0.05) is 35.9 Å². The maximum atomic E-state index is 13.6. The smallest absolute Gasteiger partial charge is 0.243 e. The number of nitrogens with one attached hydrogen (secondary N) is 3. The molecule has 2 aromatic rings. The van der Waals surface area contributed by atoms with Crippen LogP contribution in [0.25, 0.3) is 0 Å². The van der Waals surface area contributed by atoms with Gasteiger partial charge in [-0.25, -0.2) is 0 Å². The van der Waals surface area contributed by atoms with Crippen LogP contribution in [0.4, 0.5) is 0 Å². The van der Waals surface area contributed by atoms with Crippen LogP contribution in [0.5, 0.6) is 5.75 Å². The maximum absolute atomic E-state index is 13.6. The van der Waals surface area contributed by atoms with Gasteiger partial charge in [0.1, 0.15) is 23.9 Å². The normalized spacial score (nSPS) is 25.6. The van der Waals surface area contributed by atoms with E-state index >= 15 is 0 Å². The van der Waals surface area contributed by atoms with Crippen LogP contribution in [0.1, 0.15) is 49.8 Å². The molecule has 1 aliphatic carbocycles. The van der Waals surface area contributed by atoms with Crippen LogP contribution in [-0.2, 0) is 27.2 Å². The Morgan fingerprint density at radius 3 is 2.45 bits per heavy atom. The number of ether oxygens (including phenoxy) is 1. The molecule has 2 aliphatic rings. The molecule has 1 saturated carbocycles. The van der Waals surface area contributed by atoms with Gasteiger partial charge in [0.25, 0.3) is 0 Å². The molecule has 0 aromatic heterocycles. The van der Waals surface area contributed by atoms with Gasteiger partial charge >= 0.3 is 0 Å². The number of benzene rings is 2. The van der Waals surface area contributed by atoms with E-state index in [0.717, 1.165) is 51.7 Å². The molecule has 0 radical (unpaired) electrons. The molecule has 4 atom stereocenters. The summed E-state index contributed by atoms with van der Waals surface area (Å²) in [6, 6.07) is 12.3. The lowest BCUT2D eigenvalue weighted by Crippen LogP contribution is -2.57. The van der Waals surface area contributed by atoms with Gasteiger partial charge in [-0.15, -0.1) is 0 Å². The number of likely N-dealkylation sites (N-methyl/N-ethyl adjacent to an activating group) is 1. The van der Waals surface area contributed by atoms with Crippen LogP contribution in [0.2, 0.25) is 0 Å². The molecule has 1 aliphatic heterocycles. The number of aryl methyl sites for hydroxylation is 2. The molecule has 40 heavy (non-hydrogen) atoms. The molecule has 4 rings (SSSR count). The van der Waals surface area contributed by atoms with Gasteiger partial charge in [-0.2, -0.15) is 0 Å². The third-order valence-electron chi connectivity index (χ3n) is 7.77. The average molecular weight is 661 g/mol. The molecule has 0 saturated heterocycles. The van der Waals surface area contributed by atoms with E-state index in [1.807, 2.05) is 44.2 Å². The summed E-state index contributed by atoms with van der Waals surface area (Å²) in [5.74, 6) is 0.378. The Bertz CT molecular complexity index is 1200. The standard InChI is InChI=1S/C31H41IN4O4/c1-19-7-9-22(10-8-19)16-26-30(38)33-15-5-6-23-13-14-25(32)17-27(23)40-20(2)18-34-28(24-11-12-24)31(39)36(4)21(3)29(37)35-26/h7-10,13-14,17,20-21,24,26,28,34H,5-6,11-12,15-16,18H2,1-4H3,(H,33,38)(H,35,37)/t20-,21-,26-,28+/m1/s1. The Balaban J connectivity index is 1.58. The fourth-order valence-corrected chi connectivity index (χ4v) is 5.40. The summed E-state index contributed by atoms with van der Waals surface area (Å²) in [5.41, 5.74) is 3.16. The zero-order valence-corrected chi connectivity index (χ0v) is 26.0. The Morgan fingerprint density at radius 1 is 1.02 bits per heavy atom. The number of hydrogen-bond donors (Lipinski definition) is 3. The molecule has 1 fully saturated rings. The summed E-state index contributed by atoms with van der Waals surface area (Å²) < 4.78 is 7.43. The van der Waals surface area contributed by atoms with Crippen molar-refractivity contribution < 1.29 is 19.1 Å². The Morgan fingerprint density at radius 2 is 1.75 bits per heavy atom. The van der Waals surface area contributed by atoms with Gasteiger partial charge in [-0.3, -0.25) is 14.4 Å². The number of fused-ring (bicyclic) bond motifs is 1. The second-order valence-electron chi connectivity index (χ2n) is 11.2. The lowest BCUT2D eigenvalue weighted by atomic mass is 10.0. The monoisotopic (exact) mass is 660 g/mol. The highest BCUT2D eigenvalue weighted by molar-refractivity contribution is 14.1. The first-order chi connectivity index (χ1) is 19.1. The summed E-state index contributed by atoms with van der Waals surface area (Å²) in [5, 5.41) is 9.39. The van der Waals surface area contributed by atoms with Crippen molar-refractivity contribution in [3.8, 4) is 5.75 Å². The van der Waals surface area contributed by atoms with E-state index in [1.54, 1.807) is 14.0 Å². The Hall–Kier alpha value is -2.66. The van der Waals surface area contributed by atoms with Crippen LogP contribution in [0.3, 0.4) is 0 Å². The zero-order chi connectivity index (χ0) is 28.8. The van der Waals surface area contributed by atoms with E-state index in [4.69, 9.17) is 4.74 Å². The second-order valence-corrected chi connectivity index (χ2v) is 12.4. The number of hydrogen-bond acceptors (Lipinski definition) is 5. The molecular formula is C31H41IN4O4. The number of carbonyl (C=O) groups is 3. The molecule has 3 N–H and O–H groups in total. The van der Waals surface area contributed by atoms with Crippen LogP contribution in [-0.4, -0.2) is 67.0 Å².